The normalized spacial score (nSPS) is 31.0. The van der Waals surface area contributed by atoms with E-state index in [2.05, 4.69) is 6.58 Å². The second kappa shape index (κ2) is 7.19. The van der Waals surface area contributed by atoms with Gasteiger partial charge in [0.2, 0.25) is 6.79 Å². The van der Waals surface area contributed by atoms with Crippen LogP contribution in [-0.2, 0) is 11.2 Å². The minimum Gasteiger partial charge on any atom is -0.496 e. The number of allylic oxidation sites excluding steroid dienone is 1. The molecule has 1 aromatic rings. The predicted molar refractivity (Wildman–Crippen MR) is 85.7 cm³/mol. The Morgan fingerprint density at radius 2 is 2.00 bits per heavy atom. The number of hydrogen-bond acceptors (Lipinski definition) is 8. The Morgan fingerprint density at radius 3 is 2.64 bits per heavy atom. The summed E-state index contributed by atoms with van der Waals surface area (Å²) in [6.45, 7) is 3.20. The van der Waals surface area contributed by atoms with Crippen LogP contribution in [0, 0.1) is 0 Å². The van der Waals surface area contributed by atoms with Crippen molar-refractivity contribution in [1.29, 1.82) is 0 Å². The first-order valence-corrected chi connectivity index (χ1v) is 7.94. The highest BCUT2D eigenvalue weighted by molar-refractivity contribution is 5.61. The van der Waals surface area contributed by atoms with E-state index in [1.165, 1.54) is 7.11 Å². The summed E-state index contributed by atoms with van der Waals surface area (Å²) in [7, 11) is 1.47. The van der Waals surface area contributed by atoms with Crippen molar-refractivity contribution in [2.75, 3.05) is 20.5 Å². The third kappa shape index (κ3) is 2.96. The zero-order valence-electron chi connectivity index (χ0n) is 13.8. The van der Waals surface area contributed by atoms with Crippen molar-refractivity contribution in [3.8, 4) is 17.2 Å². The molecule has 8 heteroatoms. The standard InChI is InChI=1S/C17H22O8/c1-3-4-8-5-9-16(24-7-23-9)11(15(8)22-2)17-14(21)13(20)12(19)10(6-18)25-17/h3,5,10,12-14,17-21H,1,4,6-7H2,2H3. The molecule has 0 amide bonds. The summed E-state index contributed by atoms with van der Waals surface area (Å²) in [5.74, 6) is 1.21. The number of hydrogen-bond donors (Lipinski definition) is 4. The maximum atomic E-state index is 10.5. The van der Waals surface area contributed by atoms with Crippen molar-refractivity contribution in [2.24, 2.45) is 0 Å². The molecule has 1 saturated heterocycles. The minimum atomic E-state index is -1.50. The van der Waals surface area contributed by atoms with Crippen molar-refractivity contribution < 1.29 is 39.4 Å². The van der Waals surface area contributed by atoms with Gasteiger partial charge in [-0.25, -0.2) is 0 Å². The lowest BCUT2D eigenvalue weighted by molar-refractivity contribution is -0.232. The van der Waals surface area contributed by atoms with E-state index in [9.17, 15) is 20.4 Å². The average Bonchev–Trinajstić information content (AvgIpc) is 3.07. The maximum absolute atomic E-state index is 10.5. The quantitative estimate of drug-likeness (QED) is 0.531. The Morgan fingerprint density at radius 1 is 1.24 bits per heavy atom. The van der Waals surface area contributed by atoms with Crippen LogP contribution in [-0.4, -0.2) is 65.4 Å². The number of methoxy groups -OCH3 is 1. The molecule has 2 aliphatic heterocycles. The zero-order valence-corrected chi connectivity index (χ0v) is 13.8. The van der Waals surface area contributed by atoms with Gasteiger partial charge >= 0.3 is 0 Å². The predicted octanol–water partition coefficient (Wildman–Crippen LogP) is -0.333. The Hall–Kier alpha value is -1.84. The molecule has 0 bridgehead atoms. The third-order valence-electron chi connectivity index (χ3n) is 4.47. The summed E-state index contributed by atoms with van der Waals surface area (Å²) in [5.41, 5.74) is 1.11. The average molecular weight is 354 g/mol. The number of ether oxygens (including phenoxy) is 4. The van der Waals surface area contributed by atoms with Gasteiger partial charge in [0.25, 0.3) is 0 Å². The van der Waals surface area contributed by atoms with Crippen LogP contribution < -0.4 is 14.2 Å². The highest BCUT2D eigenvalue weighted by Gasteiger charge is 2.47. The van der Waals surface area contributed by atoms with Gasteiger partial charge in [0, 0.05) is 5.56 Å². The van der Waals surface area contributed by atoms with Gasteiger partial charge in [-0.15, -0.1) is 6.58 Å². The monoisotopic (exact) mass is 354 g/mol. The molecule has 0 aromatic heterocycles. The lowest BCUT2D eigenvalue weighted by Gasteiger charge is -2.40. The van der Waals surface area contributed by atoms with Gasteiger partial charge in [0.05, 0.1) is 19.3 Å². The fraction of sp³-hybridized carbons (Fsp3) is 0.529. The molecule has 4 N–H and O–H groups in total. The van der Waals surface area contributed by atoms with Crippen molar-refractivity contribution in [1.82, 2.24) is 0 Å². The first kappa shape index (κ1) is 18.0. The van der Waals surface area contributed by atoms with Crippen LogP contribution in [0.5, 0.6) is 17.2 Å². The van der Waals surface area contributed by atoms with Crippen LogP contribution in [0.1, 0.15) is 17.2 Å². The molecular weight excluding hydrogens is 332 g/mol. The summed E-state index contributed by atoms with van der Waals surface area (Å²) in [6.07, 6.45) is -4.33. The molecular formula is C17H22O8. The molecule has 138 valence electrons. The van der Waals surface area contributed by atoms with Crippen molar-refractivity contribution in [3.05, 3.63) is 29.8 Å². The van der Waals surface area contributed by atoms with Gasteiger partial charge in [0.1, 0.15) is 36.3 Å². The molecule has 5 unspecified atom stereocenters. The first-order chi connectivity index (χ1) is 12.0. The van der Waals surface area contributed by atoms with E-state index in [1.807, 2.05) is 0 Å². The number of rotatable bonds is 5. The number of aliphatic hydroxyl groups excluding tert-OH is 4. The van der Waals surface area contributed by atoms with E-state index in [4.69, 9.17) is 18.9 Å². The summed E-state index contributed by atoms with van der Waals surface area (Å²) >= 11 is 0. The molecule has 2 heterocycles. The van der Waals surface area contributed by atoms with Crippen LogP contribution in [0.15, 0.2) is 18.7 Å². The van der Waals surface area contributed by atoms with Crippen LogP contribution in [0.3, 0.4) is 0 Å². The Bertz CT molecular complexity index is 644. The SMILES string of the molecule is C=CCc1cc2c(c(C3OC(CO)C(O)C(O)C3O)c1OC)OCO2. The Kier molecular flexibility index (Phi) is 5.16. The topological polar surface area (TPSA) is 118 Å². The highest BCUT2D eigenvalue weighted by atomic mass is 16.7. The summed E-state index contributed by atoms with van der Waals surface area (Å²) in [6, 6.07) is 1.76. The lowest BCUT2D eigenvalue weighted by Crippen LogP contribution is -2.55. The van der Waals surface area contributed by atoms with Gasteiger partial charge in [-0.05, 0) is 12.5 Å². The van der Waals surface area contributed by atoms with Gasteiger partial charge in [-0.1, -0.05) is 6.08 Å². The lowest BCUT2D eigenvalue weighted by atomic mass is 9.89. The van der Waals surface area contributed by atoms with E-state index < -0.39 is 37.1 Å². The van der Waals surface area contributed by atoms with E-state index in [0.29, 0.717) is 29.2 Å². The van der Waals surface area contributed by atoms with Crippen LogP contribution >= 0.6 is 0 Å². The van der Waals surface area contributed by atoms with E-state index in [-0.39, 0.29) is 6.79 Å². The second-order valence-electron chi connectivity index (χ2n) is 5.96. The summed E-state index contributed by atoms with van der Waals surface area (Å²) in [5, 5.41) is 39.9. The largest absolute Gasteiger partial charge is 0.496 e. The van der Waals surface area contributed by atoms with Crippen LogP contribution in [0.25, 0.3) is 0 Å². The van der Waals surface area contributed by atoms with Gasteiger partial charge < -0.3 is 39.4 Å². The van der Waals surface area contributed by atoms with Gasteiger partial charge in [-0.3, -0.25) is 0 Å². The fourth-order valence-electron chi connectivity index (χ4n) is 3.25. The second-order valence-corrected chi connectivity index (χ2v) is 5.96. The first-order valence-electron chi connectivity index (χ1n) is 7.94. The van der Waals surface area contributed by atoms with Crippen LogP contribution in [0.2, 0.25) is 0 Å². The molecule has 0 spiro atoms. The smallest absolute Gasteiger partial charge is 0.231 e. The fourth-order valence-corrected chi connectivity index (χ4v) is 3.25. The minimum absolute atomic E-state index is 0.000449. The molecule has 5 atom stereocenters. The number of aliphatic hydroxyl groups is 4. The van der Waals surface area contributed by atoms with E-state index in [0.717, 1.165) is 5.56 Å². The summed E-state index contributed by atoms with van der Waals surface area (Å²) < 4.78 is 22.1. The zero-order chi connectivity index (χ0) is 18.1. The molecule has 8 nitrogen and oxygen atoms in total. The van der Waals surface area contributed by atoms with Crippen molar-refractivity contribution in [3.63, 3.8) is 0 Å². The Labute approximate surface area is 144 Å². The maximum Gasteiger partial charge on any atom is 0.231 e. The number of benzene rings is 1. The van der Waals surface area contributed by atoms with E-state index >= 15 is 0 Å². The molecule has 1 fully saturated rings. The molecule has 0 saturated carbocycles. The highest BCUT2D eigenvalue weighted by Crippen LogP contribution is 2.50. The van der Waals surface area contributed by atoms with Crippen molar-refractivity contribution >= 4 is 0 Å². The summed E-state index contributed by atoms with van der Waals surface area (Å²) in [4.78, 5) is 0. The van der Waals surface area contributed by atoms with E-state index in [1.54, 1.807) is 12.1 Å². The molecule has 25 heavy (non-hydrogen) atoms. The Balaban J connectivity index is 2.13. The molecule has 3 rings (SSSR count). The third-order valence-corrected chi connectivity index (χ3v) is 4.47. The van der Waals surface area contributed by atoms with Crippen molar-refractivity contribution in [2.45, 2.75) is 36.9 Å². The molecule has 2 aliphatic rings. The van der Waals surface area contributed by atoms with Gasteiger partial charge in [-0.2, -0.15) is 0 Å². The molecule has 0 aliphatic carbocycles. The van der Waals surface area contributed by atoms with Gasteiger partial charge in [0.15, 0.2) is 11.5 Å². The van der Waals surface area contributed by atoms with Crippen LogP contribution in [0.4, 0.5) is 0 Å². The molecule has 1 aromatic carbocycles. The molecule has 0 radical (unpaired) electrons. The number of fused-ring (bicyclic) bond motifs is 1.